The fourth-order valence-electron chi connectivity index (χ4n) is 1.57. The summed E-state index contributed by atoms with van der Waals surface area (Å²) in [4.78, 5) is 5.49. The molecule has 0 radical (unpaired) electrons. The zero-order valence-electron chi connectivity index (χ0n) is 9.43. The summed E-state index contributed by atoms with van der Waals surface area (Å²) in [6.45, 7) is 0. The topological polar surface area (TPSA) is 82.5 Å². The minimum atomic E-state index is 0.422. The van der Waals surface area contributed by atoms with E-state index >= 15 is 0 Å². The van der Waals surface area contributed by atoms with Gasteiger partial charge in [0.15, 0.2) is 5.82 Å². The molecule has 18 heavy (non-hydrogen) atoms. The van der Waals surface area contributed by atoms with Crippen molar-refractivity contribution in [1.82, 2.24) is 25.2 Å². The van der Waals surface area contributed by atoms with Gasteiger partial charge in [-0.25, -0.2) is 4.98 Å². The van der Waals surface area contributed by atoms with E-state index in [-0.39, 0.29) is 0 Å². The van der Waals surface area contributed by atoms with E-state index in [1.54, 1.807) is 18.2 Å². The highest BCUT2D eigenvalue weighted by atomic mass is 15.6. The number of nitrogen functional groups attached to an aromatic ring is 1. The Bertz CT molecular complexity index is 661. The Labute approximate surface area is 103 Å². The molecule has 3 rings (SSSR count). The first kappa shape index (κ1) is 10.4. The van der Waals surface area contributed by atoms with Crippen molar-refractivity contribution >= 4 is 5.82 Å². The van der Waals surface area contributed by atoms with E-state index in [0.29, 0.717) is 17.5 Å². The Kier molecular flexibility index (Phi) is 2.45. The summed E-state index contributed by atoms with van der Waals surface area (Å²) in [7, 11) is 0. The summed E-state index contributed by atoms with van der Waals surface area (Å²) in [5.41, 5.74) is 6.52. The van der Waals surface area contributed by atoms with Gasteiger partial charge < -0.3 is 5.73 Å². The number of tetrazole rings is 1. The van der Waals surface area contributed by atoms with Crippen LogP contribution >= 0.6 is 0 Å². The van der Waals surface area contributed by atoms with Crippen LogP contribution in [0.4, 0.5) is 5.82 Å². The zero-order chi connectivity index (χ0) is 12.4. The first-order chi connectivity index (χ1) is 8.83. The maximum atomic E-state index is 5.61. The second-order valence-electron chi connectivity index (χ2n) is 3.69. The number of nitrogens with zero attached hydrogens (tertiary/aromatic N) is 5. The fourth-order valence-corrected chi connectivity index (χ4v) is 1.57. The molecule has 3 aromatic rings. The van der Waals surface area contributed by atoms with Gasteiger partial charge in [0.05, 0.1) is 0 Å². The summed E-state index contributed by atoms with van der Waals surface area (Å²) in [6, 6.07) is 14.9. The second-order valence-corrected chi connectivity index (χ2v) is 3.69. The van der Waals surface area contributed by atoms with Crippen LogP contribution in [0.5, 0.6) is 0 Å². The summed E-state index contributed by atoms with van der Waals surface area (Å²) >= 11 is 0. The number of nitrogens with two attached hydrogens (primary N) is 1. The molecule has 0 saturated heterocycles. The standard InChI is InChI=1S/C12H10N6/c13-10-7-4-8-11(14-10)18-16-12(15-17-18)9-5-2-1-3-6-9/h1-8H,(H2,13,14). The third-order valence-corrected chi connectivity index (χ3v) is 2.41. The Morgan fingerprint density at radius 3 is 2.56 bits per heavy atom. The molecule has 0 spiro atoms. The minimum absolute atomic E-state index is 0.422. The van der Waals surface area contributed by atoms with Crippen molar-refractivity contribution in [2.24, 2.45) is 0 Å². The number of benzene rings is 1. The van der Waals surface area contributed by atoms with Crippen LogP contribution in [0.15, 0.2) is 48.5 Å². The van der Waals surface area contributed by atoms with Crippen LogP contribution in [0, 0.1) is 0 Å². The Morgan fingerprint density at radius 1 is 0.944 bits per heavy atom. The Hall–Kier alpha value is -2.76. The minimum Gasteiger partial charge on any atom is -0.384 e. The third kappa shape index (κ3) is 1.91. The predicted molar refractivity (Wildman–Crippen MR) is 66.8 cm³/mol. The smallest absolute Gasteiger partial charge is 0.205 e. The zero-order valence-corrected chi connectivity index (χ0v) is 9.43. The van der Waals surface area contributed by atoms with E-state index < -0.39 is 0 Å². The maximum Gasteiger partial charge on any atom is 0.205 e. The van der Waals surface area contributed by atoms with Crippen LogP contribution in [-0.2, 0) is 0 Å². The van der Waals surface area contributed by atoms with E-state index in [0.717, 1.165) is 5.56 Å². The molecular weight excluding hydrogens is 228 g/mol. The highest BCUT2D eigenvalue weighted by molar-refractivity contribution is 5.53. The van der Waals surface area contributed by atoms with Crippen molar-refractivity contribution in [2.75, 3.05) is 5.73 Å². The van der Waals surface area contributed by atoms with E-state index in [4.69, 9.17) is 5.73 Å². The van der Waals surface area contributed by atoms with Gasteiger partial charge in [-0.1, -0.05) is 36.4 Å². The van der Waals surface area contributed by atoms with Crippen molar-refractivity contribution < 1.29 is 0 Å². The van der Waals surface area contributed by atoms with Crippen molar-refractivity contribution in [3.05, 3.63) is 48.5 Å². The highest BCUT2D eigenvalue weighted by Gasteiger charge is 2.07. The SMILES string of the molecule is Nc1cccc(-n2nnc(-c3ccccc3)n2)n1. The van der Waals surface area contributed by atoms with Crippen LogP contribution in [0.1, 0.15) is 0 Å². The number of anilines is 1. The van der Waals surface area contributed by atoms with Gasteiger partial charge in [-0.3, -0.25) is 0 Å². The molecule has 2 aromatic heterocycles. The fraction of sp³-hybridized carbons (Fsp3) is 0. The van der Waals surface area contributed by atoms with Crippen LogP contribution in [0.25, 0.3) is 17.2 Å². The molecule has 0 aliphatic heterocycles. The van der Waals surface area contributed by atoms with Gasteiger partial charge in [-0.15, -0.1) is 15.0 Å². The molecule has 6 nitrogen and oxygen atoms in total. The van der Waals surface area contributed by atoms with Gasteiger partial charge >= 0.3 is 0 Å². The van der Waals surface area contributed by atoms with Crippen LogP contribution < -0.4 is 5.73 Å². The molecule has 0 aliphatic carbocycles. The van der Waals surface area contributed by atoms with E-state index in [1.165, 1.54) is 4.80 Å². The van der Waals surface area contributed by atoms with Crippen molar-refractivity contribution in [2.45, 2.75) is 0 Å². The molecule has 0 aliphatic rings. The van der Waals surface area contributed by atoms with Gasteiger partial charge in [0.2, 0.25) is 5.82 Å². The molecule has 2 heterocycles. The Morgan fingerprint density at radius 2 is 1.78 bits per heavy atom. The molecule has 0 unspecified atom stereocenters. The summed E-state index contributed by atoms with van der Waals surface area (Å²) in [5, 5.41) is 12.2. The first-order valence-electron chi connectivity index (χ1n) is 5.41. The molecule has 2 N–H and O–H groups in total. The van der Waals surface area contributed by atoms with Crippen LogP contribution in [0.2, 0.25) is 0 Å². The molecule has 0 bridgehead atoms. The lowest BCUT2D eigenvalue weighted by Crippen LogP contribution is -2.03. The first-order valence-corrected chi connectivity index (χ1v) is 5.41. The van der Waals surface area contributed by atoms with Gasteiger partial charge in [-0.2, -0.15) is 0 Å². The van der Waals surface area contributed by atoms with Gasteiger partial charge in [0.1, 0.15) is 5.82 Å². The lowest BCUT2D eigenvalue weighted by atomic mass is 10.2. The molecule has 0 saturated carbocycles. The number of hydrogen-bond donors (Lipinski definition) is 1. The number of hydrogen-bond acceptors (Lipinski definition) is 5. The molecule has 0 fully saturated rings. The normalized spacial score (nSPS) is 10.4. The molecule has 0 atom stereocenters. The molecular formula is C12H10N6. The van der Waals surface area contributed by atoms with Gasteiger partial charge in [0.25, 0.3) is 0 Å². The molecule has 1 aromatic carbocycles. The van der Waals surface area contributed by atoms with Crippen molar-refractivity contribution in [3.8, 4) is 17.2 Å². The van der Waals surface area contributed by atoms with Gasteiger partial charge in [0, 0.05) is 5.56 Å². The number of aromatic nitrogens is 5. The summed E-state index contributed by atoms with van der Waals surface area (Å²) in [6.07, 6.45) is 0. The van der Waals surface area contributed by atoms with Crippen LogP contribution in [0.3, 0.4) is 0 Å². The lowest BCUT2D eigenvalue weighted by Gasteiger charge is -1.97. The largest absolute Gasteiger partial charge is 0.384 e. The number of pyridine rings is 1. The summed E-state index contributed by atoms with van der Waals surface area (Å²) < 4.78 is 0. The van der Waals surface area contributed by atoms with Crippen molar-refractivity contribution in [1.29, 1.82) is 0 Å². The summed E-state index contributed by atoms with van der Waals surface area (Å²) in [5.74, 6) is 1.52. The highest BCUT2D eigenvalue weighted by Crippen LogP contribution is 2.13. The average molecular weight is 238 g/mol. The number of rotatable bonds is 2. The maximum absolute atomic E-state index is 5.61. The molecule has 0 amide bonds. The van der Waals surface area contributed by atoms with Gasteiger partial charge in [-0.05, 0) is 17.3 Å². The van der Waals surface area contributed by atoms with Crippen molar-refractivity contribution in [3.63, 3.8) is 0 Å². The van der Waals surface area contributed by atoms with E-state index in [9.17, 15) is 0 Å². The molecule has 88 valence electrons. The Balaban J connectivity index is 2.00. The third-order valence-electron chi connectivity index (χ3n) is 2.41. The lowest BCUT2D eigenvalue weighted by molar-refractivity contribution is 0.702. The monoisotopic (exact) mass is 238 g/mol. The van der Waals surface area contributed by atoms with E-state index in [1.807, 2.05) is 30.3 Å². The van der Waals surface area contributed by atoms with E-state index in [2.05, 4.69) is 20.4 Å². The quantitative estimate of drug-likeness (QED) is 0.727. The second kappa shape index (κ2) is 4.25. The van der Waals surface area contributed by atoms with Crippen LogP contribution in [-0.4, -0.2) is 25.2 Å². The molecule has 6 heteroatoms. The average Bonchev–Trinajstić information content (AvgIpc) is 2.89. The predicted octanol–water partition coefficient (Wildman–Crippen LogP) is 1.31.